The molecule has 1 atom stereocenters. The predicted molar refractivity (Wildman–Crippen MR) is 99.2 cm³/mol. The number of aryl methyl sites for hydroxylation is 1. The molecule has 0 radical (unpaired) electrons. The first kappa shape index (κ1) is 18.6. The van der Waals surface area contributed by atoms with Crippen molar-refractivity contribution in [2.45, 2.75) is 32.9 Å². The molecule has 0 N–H and O–H groups in total. The SMILES string of the molecule is CC(C)[C@@H]1CN(C(=O)c2cnn(C)c2)CCCN1Cc1ccc(F)cc1. The molecule has 1 aromatic heterocycles. The molecule has 0 aliphatic carbocycles. The lowest BCUT2D eigenvalue weighted by atomic mass is 10.0. The summed E-state index contributed by atoms with van der Waals surface area (Å²) >= 11 is 0. The third-order valence-electron chi connectivity index (χ3n) is 5.06. The summed E-state index contributed by atoms with van der Waals surface area (Å²) in [5.41, 5.74) is 1.74. The van der Waals surface area contributed by atoms with Crippen LogP contribution in [0.25, 0.3) is 0 Å². The Bertz CT molecular complexity index is 741. The average molecular weight is 358 g/mol. The van der Waals surface area contributed by atoms with E-state index >= 15 is 0 Å². The van der Waals surface area contributed by atoms with Gasteiger partial charge in [-0.3, -0.25) is 14.4 Å². The van der Waals surface area contributed by atoms with Gasteiger partial charge in [-0.05, 0) is 30.0 Å². The minimum atomic E-state index is -0.210. The van der Waals surface area contributed by atoms with Crippen LogP contribution in [0.3, 0.4) is 0 Å². The highest BCUT2D eigenvalue weighted by molar-refractivity contribution is 5.93. The van der Waals surface area contributed by atoms with E-state index in [-0.39, 0.29) is 17.8 Å². The molecule has 1 fully saturated rings. The van der Waals surface area contributed by atoms with Crippen LogP contribution < -0.4 is 0 Å². The zero-order chi connectivity index (χ0) is 18.7. The molecule has 1 aliphatic rings. The molecule has 1 aliphatic heterocycles. The summed E-state index contributed by atoms with van der Waals surface area (Å²) < 4.78 is 14.8. The smallest absolute Gasteiger partial charge is 0.257 e. The van der Waals surface area contributed by atoms with Crippen LogP contribution >= 0.6 is 0 Å². The number of nitrogens with zero attached hydrogens (tertiary/aromatic N) is 4. The fourth-order valence-corrected chi connectivity index (χ4v) is 3.61. The Kier molecular flexibility index (Phi) is 5.71. The first-order valence-corrected chi connectivity index (χ1v) is 9.20. The highest BCUT2D eigenvalue weighted by Gasteiger charge is 2.30. The number of hydrogen-bond donors (Lipinski definition) is 0. The molecule has 2 heterocycles. The number of amides is 1. The average Bonchev–Trinajstić information content (AvgIpc) is 2.93. The quantitative estimate of drug-likeness (QED) is 0.844. The van der Waals surface area contributed by atoms with Gasteiger partial charge in [0.1, 0.15) is 5.82 Å². The van der Waals surface area contributed by atoms with Crippen LogP contribution in [-0.2, 0) is 13.6 Å². The Labute approximate surface area is 154 Å². The number of halogens is 1. The minimum Gasteiger partial charge on any atom is -0.337 e. The number of aromatic nitrogens is 2. The number of rotatable bonds is 4. The Morgan fingerprint density at radius 2 is 2.00 bits per heavy atom. The lowest BCUT2D eigenvalue weighted by Crippen LogP contribution is -2.45. The van der Waals surface area contributed by atoms with Crippen LogP contribution in [0, 0.1) is 11.7 Å². The van der Waals surface area contributed by atoms with Gasteiger partial charge in [-0.2, -0.15) is 5.10 Å². The molecule has 26 heavy (non-hydrogen) atoms. The standard InChI is InChI=1S/C20H27FN4O/c1-15(2)19-14-25(20(26)17-11-22-23(3)13-17)10-4-9-24(19)12-16-5-7-18(21)8-6-16/h5-8,11,13,15,19H,4,9-10,12,14H2,1-3H3/t19-/m0/s1. The van der Waals surface area contributed by atoms with E-state index in [0.29, 0.717) is 18.0 Å². The molecule has 0 unspecified atom stereocenters. The zero-order valence-electron chi connectivity index (χ0n) is 15.7. The number of hydrogen-bond acceptors (Lipinski definition) is 3. The van der Waals surface area contributed by atoms with Gasteiger partial charge >= 0.3 is 0 Å². The zero-order valence-corrected chi connectivity index (χ0v) is 15.7. The molecule has 0 saturated carbocycles. The highest BCUT2D eigenvalue weighted by atomic mass is 19.1. The van der Waals surface area contributed by atoms with Crippen LogP contribution in [-0.4, -0.2) is 51.2 Å². The van der Waals surface area contributed by atoms with Crippen molar-refractivity contribution in [1.82, 2.24) is 19.6 Å². The molecule has 2 aromatic rings. The molecule has 0 bridgehead atoms. The van der Waals surface area contributed by atoms with Crippen LogP contribution in [0.2, 0.25) is 0 Å². The summed E-state index contributed by atoms with van der Waals surface area (Å²) in [7, 11) is 1.82. The second kappa shape index (κ2) is 7.99. The normalized spacial score (nSPS) is 19.0. The summed E-state index contributed by atoms with van der Waals surface area (Å²) in [6, 6.07) is 6.97. The molecule has 6 heteroatoms. The van der Waals surface area contributed by atoms with E-state index in [1.54, 1.807) is 17.1 Å². The highest BCUT2D eigenvalue weighted by Crippen LogP contribution is 2.21. The van der Waals surface area contributed by atoms with E-state index in [1.165, 1.54) is 12.1 Å². The van der Waals surface area contributed by atoms with E-state index < -0.39 is 0 Å². The summed E-state index contributed by atoms with van der Waals surface area (Å²) in [4.78, 5) is 17.2. The minimum absolute atomic E-state index is 0.0485. The van der Waals surface area contributed by atoms with Crippen molar-refractivity contribution in [2.75, 3.05) is 19.6 Å². The van der Waals surface area contributed by atoms with Crippen LogP contribution in [0.4, 0.5) is 4.39 Å². The maximum atomic E-state index is 13.2. The summed E-state index contributed by atoms with van der Waals surface area (Å²) in [5.74, 6) is 0.253. The van der Waals surface area contributed by atoms with E-state index in [1.807, 2.05) is 24.1 Å². The Balaban J connectivity index is 1.74. The molecule has 0 spiro atoms. The van der Waals surface area contributed by atoms with Gasteiger partial charge in [-0.25, -0.2) is 4.39 Å². The van der Waals surface area contributed by atoms with Crippen molar-refractivity contribution in [2.24, 2.45) is 13.0 Å². The van der Waals surface area contributed by atoms with E-state index in [4.69, 9.17) is 0 Å². The third kappa shape index (κ3) is 4.30. The first-order valence-electron chi connectivity index (χ1n) is 9.20. The fraction of sp³-hybridized carbons (Fsp3) is 0.500. The Hall–Kier alpha value is -2.21. The van der Waals surface area contributed by atoms with Gasteiger partial charge in [-0.15, -0.1) is 0 Å². The van der Waals surface area contributed by atoms with E-state index in [2.05, 4.69) is 23.8 Å². The second-order valence-corrected chi connectivity index (χ2v) is 7.42. The maximum Gasteiger partial charge on any atom is 0.257 e. The molecule has 1 aromatic carbocycles. The topological polar surface area (TPSA) is 41.4 Å². The predicted octanol–water partition coefficient (Wildman–Crippen LogP) is 2.93. The van der Waals surface area contributed by atoms with Crippen LogP contribution in [0.15, 0.2) is 36.7 Å². The lowest BCUT2D eigenvalue weighted by Gasteiger charge is -2.34. The van der Waals surface area contributed by atoms with Crippen LogP contribution in [0.5, 0.6) is 0 Å². The van der Waals surface area contributed by atoms with Crippen molar-refractivity contribution in [3.05, 3.63) is 53.6 Å². The summed E-state index contributed by atoms with van der Waals surface area (Å²) in [6.45, 7) is 7.54. The van der Waals surface area contributed by atoms with Crippen molar-refractivity contribution >= 4 is 5.91 Å². The van der Waals surface area contributed by atoms with Crippen molar-refractivity contribution in [3.63, 3.8) is 0 Å². The van der Waals surface area contributed by atoms with Gasteiger partial charge in [-0.1, -0.05) is 26.0 Å². The molecule has 1 saturated heterocycles. The van der Waals surface area contributed by atoms with Gasteiger partial charge in [0.05, 0.1) is 11.8 Å². The van der Waals surface area contributed by atoms with Crippen molar-refractivity contribution in [3.8, 4) is 0 Å². The second-order valence-electron chi connectivity index (χ2n) is 7.42. The fourth-order valence-electron chi connectivity index (χ4n) is 3.61. The van der Waals surface area contributed by atoms with Gasteiger partial charge < -0.3 is 4.90 Å². The molecule has 3 rings (SSSR count). The molecule has 1 amide bonds. The van der Waals surface area contributed by atoms with E-state index in [9.17, 15) is 9.18 Å². The third-order valence-corrected chi connectivity index (χ3v) is 5.06. The largest absolute Gasteiger partial charge is 0.337 e. The van der Waals surface area contributed by atoms with Gasteiger partial charge in [0.2, 0.25) is 0 Å². The molecule has 140 valence electrons. The van der Waals surface area contributed by atoms with Gasteiger partial charge in [0.15, 0.2) is 0 Å². The van der Waals surface area contributed by atoms with Crippen molar-refractivity contribution in [1.29, 1.82) is 0 Å². The summed E-state index contributed by atoms with van der Waals surface area (Å²) in [5, 5.41) is 4.12. The van der Waals surface area contributed by atoms with Gasteiger partial charge in [0.25, 0.3) is 5.91 Å². The molecular weight excluding hydrogens is 331 g/mol. The first-order chi connectivity index (χ1) is 12.4. The Morgan fingerprint density at radius 1 is 1.27 bits per heavy atom. The lowest BCUT2D eigenvalue weighted by molar-refractivity contribution is 0.0702. The van der Waals surface area contributed by atoms with Gasteiger partial charge in [0, 0.05) is 45.5 Å². The molecule has 5 nitrogen and oxygen atoms in total. The van der Waals surface area contributed by atoms with Crippen molar-refractivity contribution < 1.29 is 9.18 Å². The monoisotopic (exact) mass is 358 g/mol. The number of carbonyl (C=O) groups is 1. The summed E-state index contributed by atoms with van der Waals surface area (Å²) in [6.07, 6.45) is 4.33. The van der Waals surface area contributed by atoms with Crippen LogP contribution in [0.1, 0.15) is 36.2 Å². The number of benzene rings is 1. The maximum absolute atomic E-state index is 13.2. The molecular formula is C20H27FN4O. The Morgan fingerprint density at radius 3 is 2.62 bits per heavy atom. The number of carbonyl (C=O) groups excluding carboxylic acids is 1. The van der Waals surface area contributed by atoms with E-state index in [0.717, 1.165) is 31.6 Å².